The van der Waals surface area contributed by atoms with Crippen LogP contribution in [-0.2, 0) is 54.9 Å². The van der Waals surface area contributed by atoms with E-state index in [4.69, 9.17) is 0 Å². The number of alkyl halides is 9. The number of halogens is 9. The van der Waals surface area contributed by atoms with Crippen molar-refractivity contribution in [2.24, 2.45) is 9.98 Å². The van der Waals surface area contributed by atoms with Crippen LogP contribution in [0.1, 0.15) is 96.5 Å². The van der Waals surface area contributed by atoms with Crippen molar-refractivity contribution in [3.8, 4) is 33.8 Å². The summed E-state index contributed by atoms with van der Waals surface area (Å²) < 4.78 is 128. The van der Waals surface area contributed by atoms with E-state index in [1.54, 1.807) is 108 Å². The number of aromatic nitrogens is 6. The summed E-state index contributed by atoms with van der Waals surface area (Å²) >= 11 is 0. The second kappa shape index (κ2) is 25.8. The first-order valence-corrected chi connectivity index (χ1v) is 29.1. The van der Waals surface area contributed by atoms with Gasteiger partial charge in [-0.2, -0.15) is 107 Å². The zero-order valence-electron chi connectivity index (χ0n) is 51.8. The molecule has 3 aliphatic rings. The zero-order valence-corrected chi connectivity index (χ0v) is 54.2. The second-order valence-corrected chi connectivity index (χ2v) is 24.6. The third-order valence-electron chi connectivity index (χ3n) is 14.8. The van der Waals surface area contributed by atoms with Gasteiger partial charge in [-0.1, -0.05) is 202 Å². The van der Waals surface area contributed by atoms with E-state index in [1.807, 2.05) is 72.8 Å². The Morgan fingerprint density at radius 2 is 0.649 bits per heavy atom. The van der Waals surface area contributed by atoms with Gasteiger partial charge in [0.2, 0.25) is 12.0 Å². The molecule has 10 aromatic rings. The molecule has 0 aliphatic carbocycles. The predicted octanol–water partition coefficient (Wildman–Crippen LogP) is 18.9. The summed E-state index contributed by atoms with van der Waals surface area (Å²) in [6.07, 6.45) is -14.1. The van der Waals surface area contributed by atoms with Crippen LogP contribution < -0.4 is 18.3 Å². The summed E-state index contributed by atoms with van der Waals surface area (Å²) in [7, 11) is 0. The molecule has 0 fully saturated rings. The number of aliphatic imine (C=N–C) groups is 2. The molecule has 0 amide bonds. The number of fused-ring (bicyclic) bond motifs is 3. The summed E-state index contributed by atoms with van der Waals surface area (Å²) in [6.45, 7) is 18.7. The van der Waals surface area contributed by atoms with Gasteiger partial charge in [0.25, 0.3) is 11.4 Å². The summed E-state index contributed by atoms with van der Waals surface area (Å²) in [5.41, 5.74) is 8.13. The number of hydrogen-bond acceptors (Lipinski definition) is 8. The molecule has 0 unspecified atom stereocenters. The molecule has 0 N–H and O–H groups in total. The van der Waals surface area contributed by atoms with Crippen molar-refractivity contribution in [3.05, 3.63) is 228 Å². The fourth-order valence-electron chi connectivity index (χ4n) is 9.81. The van der Waals surface area contributed by atoms with Crippen molar-refractivity contribution < 1.29 is 59.6 Å². The smallest absolute Gasteiger partial charge is 0.205 e. The Morgan fingerprint density at radius 3 is 0.968 bits per heavy atom. The molecule has 472 valence electrons. The predicted molar refractivity (Wildman–Crippen MR) is 341 cm³/mol. The number of benzene rings is 7. The van der Waals surface area contributed by atoms with Gasteiger partial charge >= 0.3 is 85.3 Å². The third-order valence-corrected chi connectivity index (χ3v) is 14.8. The summed E-state index contributed by atoms with van der Waals surface area (Å²) in [6, 6.07) is 70.1. The van der Waals surface area contributed by atoms with Gasteiger partial charge in [-0.15, -0.1) is 41.0 Å². The molecule has 13 rings (SSSR count). The largest absolute Gasteiger partial charge is 3.00 e. The van der Waals surface area contributed by atoms with Crippen LogP contribution >= 0.6 is 0 Å². The fourth-order valence-corrected chi connectivity index (χ4v) is 9.81. The van der Waals surface area contributed by atoms with Crippen LogP contribution in [0.2, 0.25) is 0 Å². The summed E-state index contributed by atoms with van der Waals surface area (Å²) in [5, 5.41) is 0. The second-order valence-electron chi connectivity index (χ2n) is 24.6. The molecule has 0 bridgehead atoms. The minimum atomic E-state index is -4.72. The minimum absolute atomic E-state index is 0. The van der Waals surface area contributed by atoms with Gasteiger partial charge in [0.05, 0.1) is 10.7 Å². The number of para-hydroxylation sites is 1. The monoisotopic (exact) mass is 1450 g/mol. The molecule has 0 saturated heterocycles. The van der Waals surface area contributed by atoms with E-state index in [1.165, 1.54) is 13.7 Å². The van der Waals surface area contributed by atoms with Crippen molar-refractivity contribution in [3.63, 3.8) is 0 Å². The molecular formula is C72H56F9IrN12+4. The Morgan fingerprint density at radius 1 is 0.340 bits per heavy atom. The maximum absolute atomic E-state index is 13.9. The van der Waals surface area contributed by atoms with Crippen LogP contribution in [0.5, 0.6) is 0 Å². The van der Waals surface area contributed by atoms with Crippen molar-refractivity contribution >= 4 is 75.3 Å². The van der Waals surface area contributed by atoms with Gasteiger partial charge in [-0.05, 0) is 22.1 Å². The molecule has 7 aromatic carbocycles. The Kier molecular flexibility index (Phi) is 18.3. The summed E-state index contributed by atoms with van der Waals surface area (Å²) in [5.74, 6) is -3.48. The van der Waals surface area contributed by atoms with E-state index in [0.29, 0.717) is 39.4 Å². The normalized spacial score (nSPS) is 13.2. The van der Waals surface area contributed by atoms with Crippen molar-refractivity contribution in [2.75, 3.05) is 0 Å². The van der Waals surface area contributed by atoms with Gasteiger partial charge in [0.1, 0.15) is 17.1 Å². The molecule has 12 nitrogen and oxygen atoms in total. The van der Waals surface area contributed by atoms with E-state index < -0.39 is 36.0 Å². The van der Waals surface area contributed by atoms with Gasteiger partial charge in [0, 0.05) is 28.1 Å². The van der Waals surface area contributed by atoms with Gasteiger partial charge in [0.15, 0.2) is 5.69 Å². The first kappa shape index (κ1) is 66.8. The molecule has 22 heteroatoms. The standard InChI is InChI=1S/C28H22F3N4.2C22H17F3N4.Ir/c1-27(2,3)20-14-16-22(17-15-20)35-18-34(21-12-8-5-9-13-21)24-23(19-10-6-4-7-11-19)32-26(28(29,30)31)33-25(24)35;2*1-21(2,3)15-9-11-16(12-10-15)29-13-26-18-17(14-7-5-4-6-8-14)27-20(22(23,24)25)28-19(18)29;/h4-16H,1-3H3;2*4-11H,1-3H3;/q+1;;;+3. The zero-order chi connectivity index (χ0) is 66.4. The van der Waals surface area contributed by atoms with Crippen LogP contribution in [0.4, 0.5) is 96.8 Å². The molecule has 6 heterocycles. The van der Waals surface area contributed by atoms with E-state index in [0.717, 1.165) is 22.4 Å². The van der Waals surface area contributed by atoms with Crippen molar-refractivity contribution in [1.82, 2.24) is 48.2 Å². The van der Waals surface area contributed by atoms with Gasteiger partial charge in [-0.3, -0.25) is 0 Å². The number of rotatable bonds is 7. The molecule has 0 radical (unpaired) electrons. The minimum Gasteiger partial charge on any atom is -0.205 e. The van der Waals surface area contributed by atoms with E-state index in [-0.39, 0.29) is 82.3 Å². The maximum atomic E-state index is 13.9. The SMILES string of the molecule is CC(C)(C)c1c[c-]c([N+]2=C=Nc3c(-c4ccccc4)nc(C(F)(F)F)nc32)cc1.CC(C)(C)c1c[c-]c([N+]2=C=Nc3c(-c4ccccc4)nc(C(F)(F)F)nc32)cc1.CC(C)(C)c1c[c-]c([N+]2=C=[N+](c3ccccc3)c3c(-c4ccccc4)nc(C(F)(F)F)nc32)cc1.[Ir+3]. The molecule has 94 heavy (non-hydrogen) atoms. The fraction of sp³-hybridized carbons (Fsp3) is 0.208. The van der Waals surface area contributed by atoms with Gasteiger partial charge in [-0.25, -0.2) is 9.97 Å². The third kappa shape index (κ3) is 14.3. The number of hydrogen-bond donors (Lipinski definition) is 0. The average Bonchev–Trinajstić information content (AvgIpc) is 1.57. The first-order chi connectivity index (χ1) is 43.9. The maximum Gasteiger partial charge on any atom is 3.00 e. The Labute approximate surface area is 549 Å². The van der Waals surface area contributed by atoms with E-state index >= 15 is 0 Å². The van der Waals surface area contributed by atoms with E-state index in [2.05, 4.69) is 138 Å². The molecule has 3 aromatic heterocycles. The van der Waals surface area contributed by atoms with Crippen LogP contribution in [0.15, 0.2) is 186 Å². The van der Waals surface area contributed by atoms with Crippen LogP contribution in [-0.4, -0.2) is 47.9 Å². The van der Waals surface area contributed by atoms with Crippen LogP contribution in [0, 0.1) is 18.2 Å². The average molecular weight is 1450 g/mol. The molecule has 3 aliphatic heterocycles. The Balaban J connectivity index is 0.000000154. The van der Waals surface area contributed by atoms with E-state index in [9.17, 15) is 39.5 Å². The number of nitrogens with zero attached hydrogens (tertiary/aromatic N) is 12. The molecule has 0 atom stereocenters. The van der Waals surface area contributed by atoms with Crippen molar-refractivity contribution in [2.45, 2.75) is 97.1 Å². The van der Waals surface area contributed by atoms with Crippen molar-refractivity contribution in [1.29, 1.82) is 0 Å². The molecular weight excluding hydrogens is 1400 g/mol. The Bertz CT molecular complexity index is 4510. The molecule has 0 spiro atoms. The van der Waals surface area contributed by atoms with Crippen LogP contribution in [0.25, 0.3) is 33.8 Å². The topological polar surface area (TPSA) is 114 Å². The first-order valence-electron chi connectivity index (χ1n) is 29.1. The Hall–Kier alpha value is -10.1. The van der Waals surface area contributed by atoms with Crippen LogP contribution in [0.3, 0.4) is 0 Å². The van der Waals surface area contributed by atoms with Gasteiger partial charge < -0.3 is 0 Å². The summed E-state index contributed by atoms with van der Waals surface area (Å²) in [4.78, 5) is 31.4. The quantitative estimate of drug-likeness (QED) is 0.0892. The molecule has 0 saturated carbocycles.